The Morgan fingerprint density at radius 3 is 2.71 bits per heavy atom. The zero-order chi connectivity index (χ0) is 17.4. The third kappa shape index (κ3) is 5.21. The van der Waals surface area contributed by atoms with E-state index in [1.807, 2.05) is 6.92 Å². The lowest BCUT2D eigenvalue weighted by atomic mass is 9.94. The number of aromatic nitrogens is 2. The first-order chi connectivity index (χ1) is 11.6. The highest BCUT2D eigenvalue weighted by molar-refractivity contribution is 5.79. The molecule has 2 rings (SSSR count). The van der Waals surface area contributed by atoms with Crippen LogP contribution in [0.25, 0.3) is 0 Å². The van der Waals surface area contributed by atoms with Crippen LogP contribution in [-0.4, -0.2) is 61.8 Å². The van der Waals surface area contributed by atoms with E-state index in [1.54, 1.807) is 14.2 Å². The number of nitrogens with zero attached hydrogens (tertiary/aromatic N) is 3. The Labute approximate surface area is 144 Å². The molecule has 0 spiro atoms. The second kappa shape index (κ2) is 9.03. The predicted molar refractivity (Wildman–Crippen MR) is 95.5 cm³/mol. The summed E-state index contributed by atoms with van der Waals surface area (Å²) in [6, 6.07) is 2.10. The molecule has 0 aliphatic carbocycles. The van der Waals surface area contributed by atoms with E-state index in [0.717, 1.165) is 63.8 Å². The molecule has 136 valence electrons. The van der Waals surface area contributed by atoms with Gasteiger partial charge in [-0.2, -0.15) is 5.10 Å². The van der Waals surface area contributed by atoms with Gasteiger partial charge in [-0.15, -0.1) is 0 Å². The first kappa shape index (κ1) is 18.7. The van der Waals surface area contributed by atoms with Gasteiger partial charge in [0.15, 0.2) is 5.96 Å². The zero-order valence-electron chi connectivity index (χ0n) is 15.4. The normalized spacial score (nSPS) is 17.8. The Bertz CT molecular complexity index is 535. The van der Waals surface area contributed by atoms with Crippen molar-refractivity contribution in [2.45, 2.75) is 45.3 Å². The zero-order valence-corrected chi connectivity index (χ0v) is 15.4. The number of hydrogen-bond donors (Lipinski definition) is 2. The summed E-state index contributed by atoms with van der Waals surface area (Å²) in [6.45, 7) is 8.12. The van der Waals surface area contributed by atoms with Gasteiger partial charge in [-0.25, -0.2) is 0 Å². The van der Waals surface area contributed by atoms with Gasteiger partial charge in [0.2, 0.25) is 0 Å². The number of nitrogens with one attached hydrogen (secondary N) is 2. The Morgan fingerprint density at radius 1 is 1.38 bits per heavy atom. The number of aryl methyl sites for hydroxylation is 3. The molecule has 1 aliphatic rings. The van der Waals surface area contributed by atoms with Crippen molar-refractivity contribution in [3.05, 3.63) is 17.5 Å². The van der Waals surface area contributed by atoms with Crippen LogP contribution >= 0.6 is 0 Å². The van der Waals surface area contributed by atoms with Gasteiger partial charge in [-0.3, -0.25) is 9.67 Å². The molecule has 0 amide bonds. The third-order valence-electron chi connectivity index (χ3n) is 4.58. The summed E-state index contributed by atoms with van der Waals surface area (Å²) in [5.74, 6) is 0.811. The molecule has 1 aromatic heterocycles. The second-order valence-electron chi connectivity index (χ2n) is 6.36. The average molecular weight is 337 g/mol. The molecular formula is C17H31N5O2. The monoisotopic (exact) mass is 337 g/mol. The highest BCUT2D eigenvalue weighted by Gasteiger charge is 2.32. The van der Waals surface area contributed by atoms with Gasteiger partial charge in [0.25, 0.3) is 0 Å². The SMILES string of the molecule is CN=C(NCCCn1nc(C)cc1C)NCC1(OC)CCOCC1. The van der Waals surface area contributed by atoms with Crippen LogP contribution < -0.4 is 10.6 Å². The summed E-state index contributed by atoms with van der Waals surface area (Å²) in [5, 5.41) is 11.2. The van der Waals surface area contributed by atoms with Gasteiger partial charge in [0.05, 0.1) is 11.3 Å². The molecule has 0 atom stereocenters. The van der Waals surface area contributed by atoms with Crippen molar-refractivity contribution in [1.29, 1.82) is 0 Å². The van der Waals surface area contributed by atoms with Crippen LogP contribution in [0.4, 0.5) is 0 Å². The number of methoxy groups -OCH3 is 1. The standard InChI is InChI=1S/C17H31N5O2/c1-14-12-15(2)22(21-14)9-5-8-19-16(18-3)20-13-17(23-4)6-10-24-11-7-17/h12H,5-11,13H2,1-4H3,(H2,18,19,20). The molecule has 2 heterocycles. The van der Waals surface area contributed by atoms with Gasteiger partial charge in [-0.1, -0.05) is 0 Å². The van der Waals surface area contributed by atoms with E-state index in [-0.39, 0.29) is 5.60 Å². The van der Waals surface area contributed by atoms with Crippen molar-refractivity contribution in [1.82, 2.24) is 20.4 Å². The lowest BCUT2D eigenvalue weighted by Crippen LogP contribution is -2.50. The van der Waals surface area contributed by atoms with Gasteiger partial charge in [0, 0.05) is 65.5 Å². The molecule has 1 aromatic rings. The van der Waals surface area contributed by atoms with Crippen molar-refractivity contribution in [2.24, 2.45) is 4.99 Å². The third-order valence-corrected chi connectivity index (χ3v) is 4.58. The van der Waals surface area contributed by atoms with Crippen molar-refractivity contribution in [3.63, 3.8) is 0 Å². The van der Waals surface area contributed by atoms with E-state index in [2.05, 4.69) is 38.4 Å². The highest BCUT2D eigenvalue weighted by atomic mass is 16.5. The maximum atomic E-state index is 5.74. The fourth-order valence-corrected chi connectivity index (χ4v) is 3.00. The summed E-state index contributed by atoms with van der Waals surface area (Å²) >= 11 is 0. The smallest absolute Gasteiger partial charge is 0.191 e. The Morgan fingerprint density at radius 2 is 2.12 bits per heavy atom. The Kier molecular flexibility index (Phi) is 7.05. The fraction of sp³-hybridized carbons (Fsp3) is 0.765. The van der Waals surface area contributed by atoms with Gasteiger partial charge >= 0.3 is 0 Å². The van der Waals surface area contributed by atoms with Crippen LogP contribution in [-0.2, 0) is 16.0 Å². The maximum Gasteiger partial charge on any atom is 0.191 e. The number of aliphatic imine (C=N–C) groups is 1. The number of rotatable bonds is 7. The molecule has 1 saturated heterocycles. The molecule has 0 radical (unpaired) electrons. The maximum absolute atomic E-state index is 5.74. The molecular weight excluding hydrogens is 306 g/mol. The number of hydrogen-bond acceptors (Lipinski definition) is 4. The first-order valence-electron chi connectivity index (χ1n) is 8.67. The molecule has 1 fully saturated rings. The Hall–Kier alpha value is -1.60. The van der Waals surface area contributed by atoms with Crippen molar-refractivity contribution in [3.8, 4) is 0 Å². The van der Waals surface area contributed by atoms with Gasteiger partial charge in [0.1, 0.15) is 0 Å². The molecule has 24 heavy (non-hydrogen) atoms. The van der Waals surface area contributed by atoms with Crippen molar-refractivity contribution in [2.75, 3.05) is 40.5 Å². The topological polar surface area (TPSA) is 72.7 Å². The molecule has 0 saturated carbocycles. The van der Waals surface area contributed by atoms with Crippen LogP contribution in [0, 0.1) is 13.8 Å². The average Bonchev–Trinajstić information content (AvgIpc) is 2.92. The molecule has 0 unspecified atom stereocenters. The molecule has 7 nitrogen and oxygen atoms in total. The minimum absolute atomic E-state index is 0.153. The van der Waals surface area contributed by atoms with E-state index in [1.165, 1.54) is 5.69 Å². The molecule has 2 N–H and O–H groups in total. The summed E-state index contributed by atoms with van der Waals surface area (Å²) in [4.78, 5) is 4.29. The quantitative estimate of drug-likeness (QED) is 0.445. The number of guanidine groups is 1. The fourth-order valence-electron chi connectivity index (χ4n) is 3.00. The largest absolute Gasteiger partial charge is 0.381 e. The van der Waals surface area contributed by atoms with E-state index in [9.17, 15) is 0 Å². The summed E-state index contributed by atoms with van der Waals surface area (Å²) < 4.78 is 13.2. The van der Waals surface area contributed by atoms with Crippen LogP contribution in [0.3, 0.4) is 0 Å². The minimum Gasteiger partial charge on any atom is -0.381 e. The van der Waals surface area contributed by atoms with Gasteiger partial charge in [-0.05, 0) is 26.3 Å². The second-order valence-corrected chi connectivity index (χ2v) is 6.36. The highest BCUT2D eigenvalue weighted by Crippen LogP contribution is 2.23. The molecule has 1 aliphatic heterocycles. The van der Waals surface area contributed by atoms with Crippen LogP contribution in [0.1, 0.15) is 30.7 Å². The summed E-state index contributed by atoms with van der Waals surface area (Å²) in [5.41, 5.74) is 2.12. The van der Waals surface area contributed by atoms with Crippen molar-refractivity contribution < 1.29 is 9.47 Å². The molecule has 0 bridgehead atoms. The van der Waals surface area contributed by atoms with Gasteiger partial charge < -0.3 is 20.1 Å². The van der Waals surface area contributed by atoms with E-state index < -0.39 is 0 Å². The lowest BCUT2D eigenvalue weighted by Gasteiger charge is -2.36. The Balaban J connectivity index is 1.71. The van der Waals surface area contributed by atoms with Crippen molar-refractivity contribution >= 4 is 5.96 Å². The van der Waals surface area contributed by atoms with E-state index in [4.69, 9.17) is 9.47 Å². The predicted octanol–water partition coefficient (Wildman–Crippen LogP) is 1.25. The van der Waals surface area contributed by atoms with Crippen LogP contribution in [0.2, 0.25) is 0 Å². The lowest BCUT2D eigenvalue weighted by molar-refractivity contribution is -0.0855. The molecule has 7 heteroatoms. The first-order valence-corrected chi connectivity index (χ1v) is 8.67. The van der Waals surface area contributed by atoms with Crippen LogP contribution in [0.5, 0.6) is 0 Å². The molecule has 0 aromatic carbocycles. The minimum atomic E-state index is -0.153. The van der Waals surface area contributed by atoms with E-state index >= 15 is 0 Å². The van der Waals surface area contributed by atoms with E-state index in [0.29, 0.717) is 0 Å². The summed E-state index contributed by atoms with van der Waals surface area (Å²) in [7, 11) is 3.57. The summed E-state index contributed by atoms with van der Waals surface area (Å²) in [6.07, 6.45) is 2.81. The van der Waals surface area contributed by atoms with Crippen LogP contribution in [0.15, 0.2) is 11.1 Å². The number of ether oxygens (including phenoxy) is 2.